The molecular weight excluding hydrogens is 330 g/mol. The van der Waals surface area contributed by atoms with Crippen LogP contribution in [0.3, 0.4) is 0 Å². The summed E-state index contributed by atoms with van der Waals surface area (Å²) in [7, 11) is 0. The van der Waals surface area contributed by atoms with Crippen molar-refractivity contribution < 1.29 is 19.1 Å². The summed E-state index contributed by atoms with van der Waals surface area (Å²) < 4.78 is 11.2. The molecule has 0 radical (unpaired) electrons. The fraction of sp³-hybridized carbons (Fsp3) is 0.222. The molecule has 2 heterocycles. The van der Waals surface area contributed by atoms with Crippen LogP contribution in [0.2, 0.25) is 5.02 Å². The minimum Gasteiger partial charge on any atom is -0.489 e. The first kappa shape index (κ1) is 15.0. The Labute approximate surface area is 143 Å². The highest BCUT2D eigenvalue weighted by molar-refractivity contribution is 6.32. The van der Waals surface area contributed by atoms with E-state index in [0.717, 1.165) is 12.0 Å². The lowest BCUT2D eigenvalue weighted by molar-refractivity contribution is 0.0642. The third-order valence-electron chi connectivity index (χ3n) is 4.08. The molecular formula is C18H14ClNO4. The Kier molecular flexibility index (Phi) is 3.65. The summed E-state index contributed by atoms with van der Waals surface area (Å²) in [6, 6.07) is 10.3. The first-order chi connectivity index (χ1) is 11.6. The summed E-state index contributed by atoms with van der Waals surface area (Å²) in [4.78, 5) is 26.1. The lowest BCUT2D eigenvalue weighted by Crippen LogP contribution is -2.29. The van der Waals surface area contributed by atoms with Gasteiger partial charge in [-0.3, -0.25) is 14.5 Å². The zero-order valence-electron chi connectivity index (χ0n) is 12.8. The van der Waals surface area contributed by atoms with E-state index in [2.05, 4.69) is 0 Å². The minimum atomic E-state index is -0.293. The quantitative estimate of drug-likeness (QED) is 0.785. The molecule has 4 rings (SSSR count). The zero-order chi connectivity index (χ0) is 16.7. The molecule has 2 aromatic rings. The largest absolute Gasteiger partial charge is 0.489 e. The molecule has 0 spiro atoms. The monoisotopic (exact) mass is 343 g/mol. The molecule has 5 nitrogen and oxygen atoms in total. The van der Waals surface area contributed by atoms with Gasteiger partial charge in [0.05, 0.1) is 35.9 Å². The van der Waals surface area contributed by atoms with Crippen LogP contribution < -0.4 is 9.47 Å². The van der Waals surface area contributed by atoms with Crippen molar-refractivity contribution in [3.05, 3.63) is 58.1 Å². The Morgan fingerprint density at radius 1 is 1.00 bits per heavy atom. The summed E-state index contributed by atoms with van der Waals surface area (Å²) in [6.45, 7) is 1.23. The van der Waals surface area contributed by atoms with Gasteiger partial charge in [0.25, 0.3) is 11.8 Å². The maximum atomic E-state index is 12.5. The topological polar surface area (TPSA) is 55.8 Å². The van der Waals surface area contributed by atoms with E-state index in [1.807, 2.05) is 0 Å². The van der Waals surface area contributed by atoms with E-state index in [4.69, 9.17) is 21.1 Å². The molecule has 0 fully saturated rings. The normalized spacial score (nSPS) is 16.1. The Morgan fingerprint density at radius 3 is 2.38 bits per heavy atom. The maximum absolute atomic E-state index is 12.5. The molecule has 24 heavy (non-hydrogen) atoms. The van der Waals surface area contributed by atoms with Crippen molar-refractivity contribution in [1.29, 1.82) is 0 Å². The number of fused-ring (bicyclic) bond motifs is 2. The summed E-state index contributed by atoms with van der Waals surface area (Å²) >= 11 is 6.27. The van der Waals surface area contributed by atoms with Crippen LogP contribution in [0.4, 0.5) is 0 Å². The number of benzene rings is 2. The zero-order valence-corrected chi connectivity index (χ0v) is 13.5. The van der Waals surface area contributed by atoms with Crippen LogP contribution in [0.25, 0.3) is 0 Å². The molecule has 2 aliphatic rings. The molecule has 2 amide bonds. The lowest BCUT2D eigenvalue weighted by Gasteiger charge is -2.16. The number of nitrogens with zero attached hydrogens (tertiary/aromatic N) is 1. The number of imide groups is 1. The fourth-order valence-corrected chi connectivity index (χ4v) is 3.23. The van der Waals surface area contributed by atoms with Crippen LogP contribution in [0.1, 0.15) is 32.7 Å². The molecule has 0 N–H and O–H groups in total. The van der Waals surface area contributed by atoms with Crippen molar-refractivity contribution in [2.24, 2.45) is 0 Å². The number of rotatable bonds is 2. The van der Waals surface area contributed by atoms with Crippen LogP contribution in [0.5, 0.6) is 11.5 Å². The van der Waals surface area contributed by atoms with E-state index in [9.17, 15) is 9.59 Å². The van der Waals surface area contributed by atoms with Crippen molar-refractivity contribution in [3.63, 3.8) is 0 Å². The molecule has 0 saturated carbocycles. The minimum absolute atomic E-state index is 0.142. The number of carbonyl (C=O) groups is 2. The van der Waals surface area contributed by atoms with Crippen molar-refractivity contribution >= 4 is 23.4 Å². The van der Waals surface area contributed by atoms with Crippen molar-refractivity contribution in [2.75, 3.05) is 13.2 Å². The highest BCUT2D eigenvalue weighted by Crippen LogP contribution is 2.38. The summed E-state index contributed by atoms with van der Waals surface area (Å²) in [5.41, 5.74) is 1.59. The van der Waals surface area contributed by atoms with Gasteiger partial charge in [-0.2, -0.15) is 0 Å². The van der Waals surface area contributed by atoms with E-state index in [0.29, 0.717) is 40.9 Å². The van der Waals surface area contributed by atoms with Crippen LogP contribution in [0.15, 0.2) is 36.4 Å². The van der Waals surface area contributed by atoms with Gasteiger partial charge in [0.2, 0.25) is 0 Å². The molecule has 122 valence electrons. The highest BCUT2D eigenvalue weighted by Gasteiger charge is 2.35. The SMILES string of the molecule is O=C1c2ccccc2C(=O)N1Cc1cc(Cl)c2c(c1)OCCCO2. The van der Waals surface area contributed by atoms with Gasteiger partial charge in [-0.15, -0.1) is 0 Å². The van der Waals surface area contributed by atoms with Gasteiger partial charge < -0.3 is 9.47 Å². The Morgan fingerprint density at radius 2 is 1.67 bits per heavy atom. The number of halogens is 1. The highest BCUT2D eigenvalue weighted by atomic mass is 35.5. The van der Waals surface area contributed by atoms with E-state index < -0.39 is 0 Å². The van der Waals surface area contributed by atoms with Crippen LogP contribution in [-0.2, 0) is 6.54 Å². The van der Waals surface area contributed by atoms with Gasteiger partial charge in [-0.25, -0.2) is 0 Å². The van der Waals surface area contributed by atoms with Crippen molar-refractivity contribution in [3.8, 4) is 11.5 Å². The van der Waals surface area contributed by atoms with Gasteiger partial charge in [-0.05, 0) is 29.8 Å². The second kappa shape index (κ2) is 5.83. The second-order valence-electron chi connectivity index (χ2n) is 5.70. The first-order valence-corrected chi connectivity index (χ1v) is 8.06. The predicted octanol–water partition coefficient (Wildman–Crippen LogP) is 3.30. The molecule has 6 heteroatoms. The van der Waals surface area contributed by atoms with Crippen molar-refractivity contribution in [1.82, 2.24) is 4.90 Å². The molecule has 0 aliphatic carbocycles. The molecule has 0 aromatic heterocycles. The standard InChI is InChI=1S/C18H14ClNO4/c19-14-8-11(9-15-16(14)24-7-3-6-23-15)10-20-17(21)12-4-1-2-5-13(12)18(20)22/h1-2,4-5,8-9H,3,6-7,10H2. The maximum Gasteiger partial charge on any atom is 0.261 e. The van der Waals surface area contributed by atoms with Gasteiger partial charge in [-0.1, -0.05) is 23.7 Å². The van der Waals surface area contributed by atoms with Gasteiger partial charge in [0.15, 0.2) is 11.5 Å². The van der Waals surface area contributed by atoms with E-state index in [-0.39, 0.29) is 18.4 Å². The summed E-state index contributed by atoms with van der Waals surface area (Å²) in [5, 5.41) is 0.418. The average molecular weight is 344 g/mol. The van der Waals surface area contributed by atoms with Crippen LogP contribution >= 0.6 is 11.6 Å². The van der Waals surface area contributed by atoms with Gasteiger partial charge in [0.1, 0.15) is 0 Å². The number of carbonyl (C=O) groups excluding carboxylic acids is 2. The smallest absolute Gasteiger partial charge is 0.261 e. The number of amides is 2. The predicted molar refractivity (Wildman–Crippen MR) is 87.7 cm³/mol. The first-order valence-electron chi connectivity index (χ1n) is 7.68. The third kappa shape index (κ3) is 2.41. The molecule has 2 aliphatic heterocycles. The number of hydrogen-bond donors (Lipinski definition) is 0. The van der Waals surface area contributed by atoms with Crippen LogP contribution in [-0.4, -0.2) is 29.9 Å². The molecule has 2 aromatic carbocycles. The number of hydrogen-bond acceptors (Lipinski definition) is 4. The van der Waals surface area contributed by atoms with Crippen molar-refractivity contribution in [2.45, 2.75) is 13.0 Å². The third-order valence-corrected chi connectivity index (χ3v) is 4.36. The molecule has 0 atom stereocenters. The van der Waals surface area contributed by atoms with Crippen LogP contribution in [0, 0.1) is 0 Å². The molecule has 0 unspecified atom stereocenters. The average Bonchev–Trinajstić information content (AvgIpc) is 2.76. The van der Waals surface area contributed by atoms with E-state index in [1.165, 1.54) is 4.90 Å². The fourth-order valence-electron chi connectivity index (χ4n) is 2.94. The van der Waals surface area contributed by atoms with Gasteiger partial charge in [0, 0.05) is 6.42 Å². The summed E-state index contributed by atoms with van der Waals surface area (Å²) in [5.74, 6) is 0.476. The summed E-state index contributed by atoms with van der Waals surface area (Å²) in [6.07, 6.45) is 0.777. The number of ether oxygens (including phenoxy) is 2. The Balaban J connectivity index is 1.65. The Hall–Kier alpha value is -2.53. The van der Waals surface area contributed by atoms with Gasteiger partial charge >= 0.3 is 0 Å². The van der Waals surface area contributed by atoms with E-state index in [1.54, 1.807) is 36.4 Å². The molecule has 0 bridgehead atoms. The molecule has 0 saturated heterocycles. The Bertz CT molecular complexity index is 814. The van der Waals surface area contributed by atoms with E-state index >= 15 is 0 Å². The second-order valence-corrected chi connectivity index (χ2v) is 6.10. The lowest BCUT2D eigenvalue weighted by atomic mass is 10.1.